The van der Waals surface area contributed by atoms with Crippen molar-refractivity contribution in [1.29, 1.82) is 0 Å². The molecule has 0 fully saturated rings. The van der Waals surface area contributed by atoms with Gasteiger partial charge in [0.2, 0.25) is 0 Å². The van der Waals surface area contributed by atoms with Crippen LogP contribution in [0.3, 0.4) is 0 Å². The lowest BCUT2D eigenvalue weighted by Gasteiger charge is -2.48. The fourth-order valence-corrected chi connectivity index (χ4v) is 6.31. The van der Waals surface area contributed by atoms with Crippen LogP contribution >= 0.6 is 0 Å². The molecule has 1 aliphatic carbocycles. The topological polar surface area (TPSA) is 16.4 Å². The van der Waals surface area contributed by atoms with Crippen LogP contribution in [-0.2, 0) is 10.8 Å². The van der Waals surface area contributed by atoms with E-state index in [4.69, 9.17) is 4.42 Å². The number of furan rings is 1. The van der Waals surface area contributed by atoms with E-state index >= 15 is 0 Å². The van der Waals surface area contributed by atoms with Crippen molar-refractivity contribution in [3.8, 4) is 11.1 Å². The van der Waals surface area contributed by atoms with E-state index in [1.807, 2.05) is 6.07 Å². The summed E-state index contributed by atoms with van der Waals surface area (Å²) >= 11 is 0. The molecular weight excluding hydrogens is 462 g/mol. The highest BCUT2D eigenvalue weighted by Crippen LogP contribution is 2.57. The first kappa shape index (κ1) is 22.9. The van der Waals surface area contributed by atoms with Gasteiger partial charge in [-0.05, 0) is 70.6 Å². The number of fused-ring (bicyclic) bond motifs is 7. The Kier molecular flexibility index (Phi) is 4.87. The molecule has 5 aromatic carbocycles. The quantitative estimate of drug-likeness (QED) is 0.244. The Hall–Kier alpha value is -4.30. The Morgan fingerprint density at radius 3 is 1.82 bits per heavy atom. The standard InChI is InChI=1S/C36H31NO/c1-35(2)31-23-26(37(24-13-7-5-8-14-24)25-15-9-6-10-16-25)19-20-27(31)29-21-22-30-28-17-11-12-18-32(28)38-34(30)33(29)36(35,3)4/h5-23H,1-4H3. The smallest absolute Gasteiger partial charge is 0.139 e. The van der Waals surface area contributed by atoms with Gasteiger partial charge in [-0.15, -0.1) is 0 Å². The van der Waals surface area contributed by atoms with Crippen LogP contribution in [0.2, 0.25) is 0 Å². The number of hydrogen-bond acceptors (Lipinski definition) is 2. The van der Waals surface area contributed by atoms with Crippen molar-refractivity contribution >= 4 is 39.0 Å². The molecule has 6 aromatic rings. The van der Waals surface area contributed by atoms with Gasteiger partial charge in [0.25, 0.3) is 0 Å². The van der Waals surface area contributed by atoms with Gasteiger partial charge in [0.1, 0.15) is 11.2 Å². The van der Waals surface area contributed by atoms with Crippen molar-refractivity contribution in [3.63, 3.8) is 0 Å². The lowest BCUT2D eigenvalue weighted by atomic mass is 9.55. The average Bonchev–Trinajstić information content (AvgIpc) is 3.32. The van der Waals surface area contributed by atoms with Crippen molar-refractivity contribution in [2.75, 3.05) is 4.90 Å². The molecule has 0 bridgehead atoms. The highest BCUT2D eigenvalue weighted by atomic mass is 16.3. The zero-order valence-electron chi connectivity index (χ0n) is 22.3. The monoisotopic (exact) mass is 493 g/mol. The first-order valence-corrected chi connectivity index (χ1v) is 13.4. The van der Waals surface area contributed by atoms with E-state index in [0.717, 1.165) is 22.5 Å². The SMILES string of the molecule is CC1(C)c2cc(N(c3ccccc3)c3ccccc3)ccc2-c2ccc3c(oc4ccccc43)c2C1(C)C. The molecule has 7 rings (SSSR count). The molecule has 38 heavy (non-hydrogen) atoms. The molecule has 1 aliphatic rings. The molecule has 2 heteroatoms. The highest BCUT2D eigenvalue weighted by Gasteiger charge is 2.47. The first-order chi connectivity index (χ1) is 18.4. The second kappa shape index (κ2) is 8.10. The van der Waals surface area contributed by atoms with Crippen LogP contribution in [0.5, 0.6) is 0 Å². The van der Waals surface area contributed by atoms with Gasteiger partial charge < -0.3 is 9.32 Å². The third kappa shape index (κ3) is 3.13. The molecule has 2 nitrogen and oxygen atoms in total. The van der Waals surface area contributed by atoms with Crippen molar-refractivity contribution in [2.24, 2.45) is 0 Å². The lowest BCUT2D eigenvalue weighted by molar-refractivity contribution is 0.299. The van der Waals surface area contributed by atoms with E-state index in [-0.39, 0.29) is 10.8 Å². The van der Waals surface area contributed by atoms with Crippen molar-refractivity contribution in [2.45, 2.75) is 38.5 Å². The molecule has 0 spiro atoms. The second-order valence-electron chi connectivity index (χ2n) is 11.4. The van der Waals surface area contributed by atoms with Crippen molar-refractivity contribution < 1.29 is 4.42 Å². The molecular formula is C36H31NO. The van der Waals surface area contributed by atoms with E-state index < -0.39 is 0 Å². The number of nitrogens with zero attached hydrogens (tertiary/aromatic N) is 1. The zero-order valence-corrected chi connectivity index (χ0v) is 22.3. The van der Waals surface area contributed by atoms with Gasteiger partial charge in [-0.3, -0.25) is 0 Å². The van der Waals surface area contributed by atoms with Crippen LogP contribution in [0.4, 0.5) is 17.1 Å². The maximum absolute atomic E-state index is 6.56. The van der Waals surface area contributed by atoms with Gasteiger partial charge >= 0.3 is 0 Å². The maximum atomic E-state index is 6.56. The molecule has 186 valence electrons. The summed E-state index contributed by atoms with van der Waals surface area (Å²) in [6, 6.07) is 41.2. The summed E-state index contributed by atoms with van der Waals surface area (Å²) in [5, 5.41) is 2.38. The third-order valence-electron chi connectivity index (χ3n) is 8.99. The molecule has 0 saturated carbocycles. The largest absolute Gasteiger partial charge is 0.456 e. The normalized spacial score (nSPS) is 15.3. The van der Waals surface area contributed by atoms with Crippen LogP contribution < -0.4 is 4.90 Å². The van der Waals surface area contributed by atoms with Crippen LogP contribution in [0.25, 0.3) is 33.1 Å². The number of rotatable bonds is 3. The molecule has 1 aromatic heterocycles. The van der Waals surface area contributed by atoms with E-state index in [1.165, 1.54) is 38.7 Å². The van der Waals surface area contributed by atoms with Gasteiger partial charge in [0.15, 0.2) is 0 Å². The minimum absolute atomic E-state index is 0.141. The lowest BCUT2D eigenvalue weighted by Crippen LogP contribution is -2.43. The number of hydrogen-bond donors (Lipinski definition) is 0. The fraction of sp³-hybridized carbons (Fsp3) is 0.167. The molecule has 0 amide bonds. The fourth-order valence-electron chi connectivity index (χ4n) is 6.31. The van der Waals surface area contributed by atoms with Crippen LogP contribution in [-0.4, -0.2) is 0 Å². The minimum atomic E-state index is -0.161. The average molecular weight is 494 g/mol. The summed E-state index contributed by atoms with van der Waals surface area (Å²) in [6.45, 7) is 9.52. The maximum Gasteiger partial charge on any atom is 0.139 e. The molecule has 0 saturated heterocycles. The third-order valence-corrected chi connectivity index (χ3v) is 8.99. The molecule has 0 atom stereocenters. The van der Waals surface area contributed by atoms with Gasteiger partial charge in [-0.25, -0.2) is 0 Å². The van der Waals surface area contributed by atoms with Crippen molar-refractivity contribution in [3.05, 3.63) is 126 Å². The predicted molar refractivity (Wildman–Crippen MR) is 160 cm³/mol. The Labute approximate surface area is 224 Å². The summed E-state index contributed by atoms with van der Waals surface area (Å²) in [7, 11) is 0. The van der Waals surface area contributed by atoms with Gasteiger partial charge in [0, 0.05) is 38.8 Å². The van der Waals surface area contributed by atoms with Gasteiger partial charge in [0.05, 0.1) is 0 Å². The zero-order chi connectivity index (χ0) is 26.1. The highest BCUT2D eigenvalue weighted by molar-refractivity contribution is 6.08. The summed E-state index contributed by atoms with van der Waals surface area (Å²) in [5.41, 5.74) is 10.4. The summed E-state index contributed by atoms with van der Waals surface area (Å²) in [5.74, 6) is 0. The predicted octanol–water partition coefficient (Wildman–Crippen LogP) is 10.3. The Bertz CT molecular complexity index is 1770. The molecule has 0 aliphatic heterocycles. The first-order valence-electron chi connectivity index (χ1n) is 13.4. The summed E-state index contributed by atoms with van der Waals surface area (Å²) in [6.07, 6.45) is 0. The molecule has 1 heterocycles. The second-order valence-corrected chi connectivity index (χ2v) is 11.4. The van der Waals surface area contributed by atoms with E-state index in [9.17, 15) is 0 Å². The summed E-state index contributed by atoms with van der Waals surface area (Å²) < 4.78 is 6.56. The van der Waals surface area contributed by atoms with E-state index in [0.29, 0.717) is 0 Å². The Morgan fingerprint density at radius 2 is 1.13 bits per heavy atom. The number of para-hydroxylation sites is 3. The minimum Gasteiger partial charge on any atom is -0.456 e. The van der Waals surface area contributed by atoms with Crippen LogP contribution in [0, 0.1) is 0 Å². The Balaban J connectivity index is 1.49. The molecule has 0 unspecified atom stereocenters. The van der Waals surface area contributed by atoms with E-state index in [2.05, 4.69) is 142 Å². The number of anilines is 3. The van der Waals surface area contributed by atoms with Crippen molar-refractivity contribution in [1.82, 2.24) is 0 Å². The number of benzene rings is 5. The Morgan fingerprint density at radius 1 is 0.526 bits per heavy atom. The van der Waals surface area contributed by atoms with E-state index in [1.54, 1.807) is 0 Å². The summed E-state index contributed by atoms with van der Waals surface area (Å²) in [4.78, 5) is 2.35. The molecule has 0 radical (unpaired) electrons. The van der Waals surface area contributed by atoms with Gasteiger partial charge in [-0.2, -0.15) is 0 Å². The van der Waals surface area contributed by atoms with Crippen LogP contribution in [0.15, 0.2) is 120 Å². The van der Waals surface area contributed by atoms with Gasteiger partial charge in [-0.1, -0.05) is 94.4 Å². The molecule has 0 N–H and O–H groups in total. The van der Waals surface area contributed by atoms with Crippen LogP contribution in [0.1, 0.15) is 38.8 Å².